The quantitative estimate of drug-likeness (QED) is 0.138. The second kappa shape index (κ2) is 7.58. The van der Waals surface area contributed by atoms with Crippen molar-refractivity contribution in [3.63, 3.8) is 0 Å². The fourth-order valence-corrected chi connectivity index (χ4v) is 5.21. The first-order valence-electron chi connectivity index (χ1n) is 9.36. The summed E-state index contributed by atoms with van der Waals surface area (Å²) in [7, 11) is 0. The molecule has 0 saturated carbocycles. The Morgan fingerprint density at radius 3 is 0.842 bits per heavy atom. The molecule has 5 saturated heterocycles. The zero-order valence-corrected chi connectivity index (χ0v) is 17.5. The van der Waals surface area contributed by atoms with Crippen molar-refractivity contribution >= 4 is 0 Å². The zero-order valence-electron chi connectivity index (χ0n) is 17.5. The highest BCUT2D eigenvalue weighted by molar-refractivity contribution is 5.11. The number of hydrogen-bond donors (Lipinski definition) is 0. The van der Waals surface area contributed by atoms with Gasteiger partial charge in [0.05, 0.1) is 0 Å². The molecule has 5 aliphatic rings. The summed E-state index contributed by atoms with van der Waals surface area (Å²) in [5.74, 6) is -4.53. The first-order valence-corrected chi connectivity index (χ1v) is 9.36. The van der Waals surface area contributed by atoms with E-state index in [1.807, 2.05) is 0 Å². The smallest absolute Gasteiger partial charge is 0.253 e. The SMILES string of the molecule is O=[N+]([O-])N1C2C3N([N+](=O)[O-])C1C1N([N+](=O)[O-])C(C(N1[N+](=O)[O-])N3[N+](=O)[O-])N2CC([N+](=O)[O-])([N+](=O)[O-])[N+](=O)[O-]. The maximum atomic E-state index is 12.0. The number of rotatable bonds is 10. The summed E-state index contributed by atoms with van der Waals surface area (Å²) in [5.41, 5.74) is 0. The van der Waals surface area contributed by atoms with E-state index >= 15 is 0 Å². The van der Waals surface area contributed by atoms with E-state index in [0.29, 0.717) is 0 Å². The van der Waals surface area contributed by atoms with Crippen LogP contribution in [0.3, 0.4) is 0 Å². The Morgan fingerprint density at radius 1 is 0.421 bits per heavy atom. The second-order valence-electron chi connectivity index (χ2n) is 7.79. The molecule has 0 N–H and O–H groups in total. The molecule has 0 aromatic heterocycles. The average molecular weight is 556 g/mol. The highest BCUT2D eigenvalue weighted by atomic mass is 16.7. The molecule has 0 radical (unpaired) electrons. The summed E-state index contributed by atoms with van der Waals surface area (Å²) in [6.07, 6.45) is -15.9. The number of nitrogens with zero attached hydrogens (tertiary/aromatic N) is 14. The van der Waals surface area contributed by atoms with Crippen LogP contribution in [0.5, 0.6) is 0 Å². The van der Waals surface area contributed by atoms with E-state index in [2.05, 4.69) is 0 Å². The van der Waals surface area contributed by atoms with Crippen molar-refractivity contribution in [2.24, 2.45) is 0 Å². The lowest BCUT2D eigenvalue weighted by atomic mass is 10.1. The molecule has 0 spiro atoms. The minimum Gasteiger partial charge on any atom is -0.253 e. The first kappa shape index (κ1) is 25.3. The molecule has 5 aliphatic heterocycles. The molecule has 0 aliphatic carbocycles. The Balaban J connectivity index is 2.11. The minimum atomic E-state index is -4.53. The van der Waals surface area contributed by atoms with Gasteiger partial charge in [0.25, 0.3) is 24.7 Å². The topological polar surface area (TPSA) is 365 Å². The van der Waals surface area contributed by atoms with Gasteiger partial charge in [-0.15, -0.1) is 0 Å². The van der Waals surface area contributed by atoms with Gasteiger partial charge in [-0.3, -0.25) is 30.3 Å². The molecular weight excluding hydrogens is 548 g/mol. The predicted octanol–water partition coefficient (Wildman–Crippen LogP) is -4.75. The molecular formula is C8H8N14O16. The van der Waals surface area contributed by atoms with Gasteiger partial charge in [0.15, 0.2) is 52.3 Å². The maximum absolute atomic E-state index is 12.0. The van der Waals surface area contributed by atoms with Crippen molar-refractivity contribution in [1.29, 1.82) is 0 Å². The summed E-state index contributed by atoms with van der Waals surface area (Å²) < 4.78 is 0. The van der Waals surface area contributed by atoms with Gasteiger partial charge in [-0.25, -0.2) is 55.5 Å². The summed E-state index contributed by atoms with van der Waals surface area (Å²) >= 11 is 0. The van der Waals surface area contributed by atoms with Crippen molar-refractivity contribution in [1.82, 2.24) is 29.9 Å². The van der Waals surface area contributed by atoms with Crippen LogP contribution in [0.4, 0.5) is 0 Å². The Labute approximate surface area is 201 Å². The van der Waals surface area contributed by atoms with Gasteiger partial charge in [-0.2, -0.15) is 0 Å². The van der Waals surface area contributed by atoms with Crippen molar-refractivity contribution in [3.8, 4) is 0 Å². The normalized spacial score (nSPS) is 29.4. The monoisotopic (exact) mass is 556 g/mol. The average Bonchev–Trinajstić information content (AvgIpc) is 3.22. The lowest BCUT2D eigenvalue weighted by Gasteiger charge is -2.43. The van der Waals surface area contributed by atoms with E-state index in [1.165, 1.54) is 0 Å². The molecule has 5 rings (SSSR count). The lowest BCUT2D eigenvalue weighted by Crippen LogP contribution is -2.78. The molecule has 206 valence electrons. The van der Waals surface area contributed by atoms with E-state index in [4.69, 9.17) is 0 Å². The van der Waals surface area contributed by atoms with Crippen LogP contribution < -0.4 is 0 Å². The van der Waals surface area contributed by atoms with E-state index in [1.54, 1.807) is 0 Å². The van der Waals surface area contributed by atoms with Crippen molar-refractivity contribution in [3.05, 3.63) is 80.9 Å². The summed E-state index contributed by atoms with van der Waals surface area (Å²) in [6, 6.07) is 0. The van der Waals surface area contributed by atoms with Crippen LogP contribution in [-0.4, -0.2) is 119 Å². The Hall–Kier alpha value is -5.84. The molecule has 0 amide bonds. The molecule has 6 unspecified atom stereocenters. The Morgan fingerprint density at radius 2 is 0.632 bits per heavy atom. The molecule has 0 aromatic rings. The van der Waals surface area contributed by atoms with Gasteiger partial charge in [-0.1, -0.05) is 25.0 Å². The van der Waals surface area contributed by atoms with Crippen LogP contribution in [0, 0.1) is 80.9 Å². The van der Waals surface area contributed by atoms with E-state index in [9.17, 15) is 80.9 Å². The Bertz CT molecular complexity index is 1110. The van der Waals surface area contributed by atoms with Gasteiger partial charge in [0.1, 0.15) is 0 Å². The maximum Gasteiger partial charge on any atom is 0.712 e. The molecule has 6 atom stereocenters. The third-order valence-electron chi connectivity index (χ3n) is 6.40. The number of nitro groups is 8. The highest BCUT2D eigenvalue weighted by Crippen LogP contribution is 2.51. The van der Waals surface area contributed by atoms with Crippen LogP contribution in [0.15, 0.2) is 0 Å². The van der Waals surface area contributed by atoms with Crippen LogP contribution in [0.1, 0.15) is 0 Å². The van der Waals surface area contributed by atoms with Gasteiger partial charge in [0, 0.05) is 0 Å². The molecule has 38 heavy (non-hydrogen) atoms. The molecule has 30 heteroatoms. The summed E-state index contributed by atoms with van der Waals surface area (Å²) in [4.78, 5) is 88.2. The molecule has 5 fully saturated rings. The Kier molecular flexibility index (Phi) is 5.04. The van der Waals surface area contributed by atoms with Crippen LogP contribution >= 0.6 is 0 Å². The number of hydrogen-bond acceptors (Lipinski definition) is 17. The first-order chi connectivity index (χ1) is 17.5. The van der Waals surface area contributed by atoms with Gasteiger partial charge in [0.2, 0.25) is 6.54 Å². The van der Waals surface area contributed by atoms with Crippen molar-refractivity contribution < 1.29 is 39.9 Å². The zero-order chi connectivity index (χ0) is 28.8. The summed E-state index contributed by atoms with van der Waals surface area (Å²) in [6.45, 7) is -2.21. The van der Waals surface area contributed by atoms with Gasteiger partial charge < -0.3 is 0 Å². The standard InChI is InChI=1S/C8H8N14O16/c23-15(24)8(16(25)26,17(27)28)1-9-2-4-12(20(33)34)5-3(9)11(19(31)32)7(14(5)22(37)38)6(10(2)18(29)30)13(4)21(35)36/h2-7H,1H2. The summed E-state index contributed by atoms with van der Waals surface area (Å²) in [5, 5.41) is 85.1. The third-order valence-corrected chi connectivity index (χ3v) is 6.40. The predicted molar refractivity (Wildman–Crippen MR) is 97.3 cm³/mol. The van der Waals surface area contributed by atoms with Crippen LogP contribution in [0.2, 0.25) is 0 Å². The lowest BCUT2D eigenvalue weighted by molar-refractivity contribution is -0.969. The molecule has 5 heterocycles. The highest BCUT2D eigenvalue weighted by Gasteiger charge is 2.89. The molecule has 30 nitrogen and oxygen atoms in total. The second-order valence-corrected chi connectivity index (χ2v) is 7.79. The van der Waals surface area contributed by atoms with Crippen molar-refractivity contribution in [2.45, 2.75) is 42.8 Å². The van der Waals surface area contributed by atoms with Crippen LogP contribution in [0.25, 0.3) is 0 Å². The molecule has 6 bridgehead atoms. The largest absolute Gasteiger partial charge is 0.712 e. The van der Waals surface area contributed by atoms with Gasteiger partial charge >= 0.3 is 5.79 Å². The van der Waals surface area contributed by atoms with Crippen LogP contribution in [-0.2, 0) is 0 Å². The number of hydrazine groups is 5. The van der Waals surface area contributed by atoms with E-state index < -0.39 is 89.3 Å². The number of piperazine rings is 1. The van der Waals surface area contributed by atoms with E-state index in [0.717, 1.165) is 0 Å². The van der Waals surface area contributed by atoms with E-state index in [-0.39, 0.29) is 29.9 Å². The van der Waals surface area contributed by atoms with Gasteiger partial charge in [-0.05, 0) is 0 Å². The minimum absolute atomic E-state index is 0.0602. The molecule has 0 aromatic carbocycles. The fraction of sp³-hybridized carbons (Fsp3) is 1.00. The fourth-order valence-electron chi connectivity index (χ4n) is 5.21. The van der Waals surface area contributed by atoms with Crippen molar-refractivity contribution in [2.75, 3.05) is 6.54 Å². The third kappa shape index (κ3) is 2.72.